The minimum Gasteiger partial charge on any atom is -0.470 e. The largest absolute Gasteiger partial charge is 0.470 e. The van der Waals surface area contributed by atoms with Crippen LogP contribution in [0.25, 0.3) is 11.0 Å². The molecule has 17 heteroatoms. The van der Waals surface area contributed by atoms with E-state index >= 15 is 8.78 Å². The highest BCUT2D eigenvalue weighted by molar-refractivity contribution is 7.91. The Labute approximate surface area is 324 Å². The van der Waals surface area contributed by atoms with Gasteiger partial charge in [-0.25, -0.2) is 23.2 Å². The number of nitrogens with one attached hydrogen (secondary N) is 3. The second-order valence-corrected chi connectivity index (χ2v) is 18.5. The summed E-state index contributed by atoms with van der Waals surface area (Å²) >= 11 is 0. The second kappa shape index (κ2) is 14.8. The third-order valence-corrected chi connectivity index (χ3v) is 14.1. The van der Waals surface area contributed by atoms with E-state index in [1.165, 1.54) is 4.90 Å². The molecule has 4 amide bonds. The number of sulfonamides is 1. The summed E-state index contributed by atoms with van der Waals surface area (Å²) in [5.41, 5.74) is -2.02. The fourth-order valence-corrected chi connectivity index (χ4v) is 9.65. The van der Waals surface area contributed by atoms with E-state index in [2.05, 4.69) is 25.3 Å². The fraction of sp³-hybridized carbons (Fsp3) is 0.641. The van der Waals surface area contributed by atoms with Gasteiger partial charge in [-0.2, -0.15) is 8.78 Å². The number of allylic oxidation sites excluding steroid dienone is 1. The molecule has 1 aromatic heterocycles. The molecule has 4 heterocycles. The molecular weight excluding hydrogens is 751 g/mol. The van der Waals surface area contributed by atoms with Crippen molar-refractivity contribution in [2.24, 2.45) is 17.3 Å². The minimum absolute atomic E-state index is 0.114. The predicted octanol–water partition coefficient (Wildman–Crippen LogP) is 4.38. The number of aromatic nitrogens is 2. The van der Waals surface area contributed by atoms with Gasteiger partial charge in [-0.15, -0.1) is 0 Å². The minimum atomic E-state index is -3.95. The van der Waals surface area contributed by atoms with Gasteiger partial charge >= 0.3 is 6.09 Å². The number of amides is 4. The van der Waals surface area contributed by atoms with Gasteiger partial charge in [0.15, 0.2) is 5.69 Å². The van der Waals surface area contributed by atoms with Crippen LogP contribution in [0.5, 0.6) is 5.88 Å². The standard InChI is InChI=1S/C39H48F2N6O8S/c40-39(41)17-9-8-16-37(18-19-37)23-54-36(51)44-29-13-5-3-1-2-4-10-24-20-38(24,35(50)46-56(52,53)25-14-15-25)45-32(48)26-21-47(34(29)49)22-30(26)55-33-31(39)42-27-11-6-7-12-28(27)43-33/h4,6-7,10-12,24-26,29-30H,1-3,5,8-9,13-23H2,(H,44,51)(H,45,48)(H,46,50)/b10-4+/t24-,26?,29+,30+,38-/m1/s1. The average molecular weight is 799 g/mol. The first-order valence-electron chi connectivity index (χ1n) is 19.9. The lowest BCUT2D eigenvalue weighted by Crippen LogP contribution is -2.55. The number of ether oxygens (including phenoxy) is 2. The number of carbonyl (C=O) groups is 4. The van der Waals surface area contributed by atoms with Gasteiger partial charge < -0.3 is 25.0 Å². The van der Waals surface area contributed by atoms with Crippen LogP contribution in [0.2, 0.25) is 0 Å². The lowest BCUT2D eigenvalue weighted by molar-refractivity contribution is -0.134. The fourth-order valence-electron chi connectivity index (χ4n) is 8.29. The van der Waals surface area contributed by atoms with Crippen LogP contribution in [-0.4, -0.2) is 89.7 Å². The Morgan fingerprint density at radius 3 is 2.43 bits per heavy atom. The molecule has 3 saturated carbocycles. The van der Waals surface area contributed by atoms with E-state index in [9.17, 15) is 27.6 Å². The first kappa shape index (κ1) is 38.5. The normalized spacial score (nSPS) is 31.5. The maximum atomic E-state index is 16.3. The molecule has 3 aliphatic carbocycles. The number of nitrogens with zero attached hydrogens (tertiary/aromatic N) is 3. The molecule has 2 aromatic rings. The molecule has 4 bridgehead atoms. The van der Waals surface area contributed by atoms with Crippen LogP contribution in [0.3, 0.4) is 0 Å². The van der Waals surface area contributed by atoms with Gasteiger partial charge in [0.2, 0.25) is 27.7 Å². The third-order valence-electron chi connectivity index (χ3n) is 12.3. The summed E-state index contributed by atoms with van der Waals surface area (Å²) in [5, 5.41) is 4.91. The summed E-state index contributed by atoms with van der Waals surface area (Å²) in [4.78, 5) is 65.8. The number of hydrogen-bond acceptors (Lipinski definition) is 10. The van der Waals surface area contributed by atoms with Crippen LogP contribution < -0.4 is 20.1 Å². The number of hydrogen-bond donors (Lipinski definition) is 3. The lowest BCUT2D eigenvalue weighted by Gasteiger charge is -2.25. The summed E-state index contributed by atoms with van der Waals surface area (Å²) < 4.78 is 72.4. The molecule has 3 N–H and O–H groups in total. The van der Waals surface area contributed by atoms with Crippen LogP contribution in [0.4, 0.5) is 13.6 Å². The van der Waals surface area contributed by atoms with E-state index in [0.717, 1.165) is 25.7 Å². The summed E-state index contributed by atoms with van der Waals surface area (Å²) in [6.45, 7) is -0.356. The SMILES string of the molecule is O=C1N[C@H]2CCCCC/C=C/[C@@H]3C[C@@]3(C(=O)NS(=O)(=O)C3CC3)NC(=O)C3CN(C[C@@H]3Oc3nc4ccccc4nc3C(F)(F)CCCCC3(CC3)CO1)C2=O. The van der Waals surface area contributed by atoms with Crippen LogP contribution in [0.15, 0.2) is 36.4 Å². The van der Waals surface area contributed by atoms with Gasteiger partial charge in [-0.3, -0.25) is 19.1 Å². The van der Waals surface area contributed by atoms with Gasteiger partial charge in [-0.05, 0) is 76.3 Å². The first-order chi connectivity index (χ1) is 26.8. The second-order valence-electron chi connectivity index (χ2n) is 16.6. The zero-order valence-corrected chi connectivity index (χ0v) is 32.0. The van der Waals surface area contributed by atoms with E-state index < -0.39 is 92.5 Å². The summed E-state index contributed by atoms with van der Waals surface area (Å²) in [7, 11) is -3.95. The molecule has 1 saturated heterocycles. The number of halogens is 2. The third kappa shape index (κ3) is 8.05. The Balaban J connectivity index is 1.16. The van der Waals surface area contributed by atoms with E-state index in [-0.39, 0.29) is 43.5 Å². The molecule has 8 rings (SSSR count). The number of alkyl halides is 2. The Morgan fingerprint density at radius 2 is 1.68 bits per heavy atom. The van der Waals surface area contributed by atoms with Crippen molar-refractivity contribution in [3.05, 3.63) is 42.1 Å². The van der Waals surface area contributed by atoms with E-state index in [1.807, 2.05) is 12.2 Å². The van der Waals surface area contributed by atoms with Crippen molar-refractivity contribution in [2.75, 3.05) is 19.7 Å². The van der Waals surface area contributed by atoms with E-state index in [1.54, 1.807) is 24.3 Å². The highest BCUT2D eigenvalue weighted by Crippen LogP contribution is 2.51. The van der Waals surface area contributed by atoms with Gasteiger partial charge in [-0.1, -0.05) is 43.5 Å². The number of para-hydroxylation sites is 2. The van der Waals surface area contributed by atoms with Crippen molar-refractivity contribution in [1.29, 1.82) is 0 Å². The molecule has 56 heavy (non-hydrogen) atoms. The van der Waals surface area contributed by atoms with Crippen molar-refractivity contribution < 1.29 is 45.9 Å². The summed E-state index contributed by atoms with van der Waals surface area (Å²) in [6.07, 6.45) is 8.03. The number of alkyl carbamates (subject to hydrolysis) is 1. The van der Waals surface area contributed by atoms with Gasteiger partial charge in [0.05, 0.1) is 35.4 Å². The number of fused-ring (bicyclic) bond motifs is 7. The molecule has 0 radical (unpaired) electrons. The first-order valence-corrected chi connectivity index (χ1v) is 21.4. The smallest absolute Gasteiger partial charge is 0.407 e. The number of rotatable bonds is 3. The monoisotopic (exact) mass is 798 g/mol. The number of benzene rings is 1. The molecule has 4 fully saturated rings. The van der Waals surface area contributed by atoms with Crippen molar-refractivity contribution in [3.8, 4) is 5.88 Å². The van der Waals surface area contributed by atoms with Crippen LogP contribution in [-0.2, 0) is 35.1 Å². The maximum Gasteiger partial charge on any atom is 0.407 e. The Morgan fingerprint density at radius 1 is 0.929 bits per heavy atom. The van der Waals surface area contributed by atoms with Crippen molar-refractivity contribution in [2.45, 2.75) is 119 Å². The Kier molecular flexibility index (Phi) is 10.2. The zero-order chi connectivity index (χ0) is 39.3. The van der Waals surface area contributed by atoms with E-state index in [4.69, 9.17) is 9.47 Å². The highest BCUT2D eigenvalue weighted by atomic mass is 32.2. The summed E-state index contributed by atoms with van der Waals surface area (Å²) in [6, 6.07) is 5.54. The quantitative estimate of drug-likeness (QED) is 0.377. The molecule has 3 aliphatic heterocycles. The van der Waals surface area contributed by atoms with Gasteiger partial charge in [0.25, 0.3) is 11.8 Å². The van der Waals surface area contributed by atoms with Gasteiger partial charge in [0.1, 0.15) is 17.7 Å². The Bertz CT molecular complexity index is 2040. The molecule has 1 aromatic carbocycles. The predicted molar refractivity (Wildman–Crippen MR) is 198 cm³/mol. The van der Waals surface area contributed by atoms with Crippen LogP contribution in [0.1, 0.15) is 95.6 Å². The van der Waals surface area contributed by atoms with Crippen molar-refractivity contribution in [1.82, 2.24) is 30.2 Å². The molecule has 5 atom stereocenters. The molecule has 1 unspecified atom stereocenters. The molecular formula is C39H48F2N6O8S. The lowest BCUT2D eigenvalue weighted by atomic mass is 9.97. The highest BCUT2D eigenvalue weighted by Gasteiger charge is 2.62. The van der Waals surface area contributed by atoms with Gasteiger partial charge in [0, 0.05) is 24.3 Å². The molecule has 14 nitrogen and oxygen atoms in total. The maximum absolute atomic E-state index is 16.3. The Hall–Kier alpha value is -4.41. The zero-order valence-electron chi connectivity index (χ0n) is 31.1. The van der Waals surface area contributed by atoms with Crippen molar-refractivity contribution >= 4 is 44.9 Å². The van der Waals surface area contributed by atoms with Crippen molar-refractivity contribution in [3.63, 3.8) is 0 Å². The molecule has 1 spiro atoms. The van der Waals surface area contributed by atoms with Crippen LogP contribution >= 0.6 is 0 Å². The molecule has 302 valence electrons. The van der Waals surface area contributed by atoms with Crippen LogP contribution in [0, 0.1) is 17.3 Å². The number of cyclic esters (lactones) is 1. The van der Waals surface area contributed by atoms with E-state index in [0.29, 0.717) is 50.5 Å². The average Bonchev–Trinajstić information content (AvgIpc) is 4.09. The number of carbonyl (C=O) groups excluding carboxylic acids is 4. The summed E-state index contributed by atoms with van der Waals surface area (Å²) in [5.74, 6) is -7.72. The topological polar surface area (TPSA) is 186 Å². The molecule has 6 aliphatic rings.